The molecular formula is C22H30N2O4S. The Bertz CT molecular complexity index is 914. The zero-order valence-corrected chi connectivity index (χ0v) is 18.3. The van der Waals surface area contributed by atoms with Gasteiger partial charge >= 0.3 is 0 Å². The van der Waals surface area contributed by atoms with Gasteiger partial charge in [0.25, 0.3) is 0 Å². The fourth-order valence-electron chi connectivity index (χ4n) is 3.13. The van der Waals surface area contributed by atoms with Gasteiger partial charge in [-0.15, -0.1) is 0 Å². The van der Waals surface area contributed by atoms with Crippen molar-refractivity contribution in [2.75, 3.05) is 7.11 Å². The molecule has 2 rings (SSSR count). The molecule has 0 fully saturated rings. The van der Waals surface area contributed by atoms with Crippen LogP contribution < -0.4 is 14.8 Å². The third kappa shape index (κ3) is 6.58. The van der Waals surface area contributed by atoms with Gasteiger partial charge in [0.2, 0.25) is 15.9 Å². The van der Waals surface area contributed by atoms with E-state index in [0.717, 1.165) is 24.0 Å². The normalized spacial score (nSPS) is 13.5. The van der Waals surface area contributed by atoms with E-state index in [1.165, 1.54) is 7.11 Å². The van der Waals surface area contributed by atoms with E-state index in [2.05, 4.69) is 10.0 Å². The van der Waals surface area contributed by atoms with E-state index in [1.54, 1.807) is 25.1 Å². The number of carbonyl (C=O) groups excluding carboxylic acids is 1. The lowest BCUT2D eigenvalue weighted by Crippen LogP contribution is -2.50. The molecular weight excluding hydrogens is 388 g/mol. The standard InChI is InChI=1S/C22H30N2O4S/c1-5-9-17(3)23-22(25)19(15-18-10-7-6-8-11-18)24-29(26,27)21-14-16(2)12-13-20(21)28-4/h6-8,10-14,17,19,24H,5,9,15H2,1-4H3,(H,23,25)/t17-,19+/m0/s1. The SMILES string of the molecule is CCC[C@H](C)NC(=O)[C@@H](Cc1ccccc1)NS(=O)(=O)c1cc(C)ccc1OC. The highest BCUT2D eigenvalue weighted by Crippen LogP contribution is 2.25. The first-order chi connectivity index (χ1) is 13.8. The maximum absolute atomic E-state index is 13.1. The third-order valence-corrected chi connectivity index (χ3v) is 6.11. The summed E-state index contributed by atoms with van der Waals surface area (Å²) in [7, 11) is -2.55. The lowest BCUT2D eigenvalue weighted by atomic mass is 10.1. The number of ether oxygens (including phenoxy) is 1. The van der Waals surface area contributed by atoms with Crippen molar-refractivity contribution < 1.29 is 17.9 Å². The number of benzene rings is 2. The largest absolute Gasteiger partial charge is 0.495 e. The van der Waals surface area contributed by atoms with Gasteiger partial charge in [0.05, 0.1) is 7.11 Å². The summed E-state index contributed by atoms with van der Waals surface area (Å²) in [6, 6.07) is 13.3. The van der Waals surface area contributed by atoms with E-state index < -0.39 is 16.1 Å². The molecule has 0 aromatic heterocycles. The van der Waals surface area contributed by atoms with Crippen LogP contribution >= 0.6 is 0 Å². The summed E-state index contributed by atoms with van der Waals surface area (Å²) in [6.07, 6.45) is 2.00. The molecule has 2 aromatic carbocycles. The highest BCUT2D eigenvalue weighted by Gasteiger charge is 2.28. The number of hydrogen-bond donors (Lipinski definition) is 2. The minimum Gasteiger partial charge on any atom is -0.495 e. The second-order valence-electron chi connectivity index (χ2n) is 7.22. The summed E-state index contributed by atoms with van der Waals surface area (Å²) < 4.78 is 34.0. The smallest absolute Gasteiger partial charge is 0.244 e. The fraction of sp³-hybridized carbons (Fsp3) is 0.409. The average molecular weight is 419 g/mol. The Morgan fingerprint density at radius 2 is 1.83 bits per heavy atom. The number of hydrogen-bond acceptors (Lipinski definition) is 4. The summed E-state index contributed by atoms with van der Waals surface area (Å²) >= 11 is 0. The minimum atomic E-state index is -3.97. The molecule has 0 radical (unpaired) electrons. The summed E-state index contributed by atoms with van der Waals surface area (Å²) in [4.78, 5) is 12.9. The Labute approximate surface area is 173 Å². The predicted octanol–water partition coefficient (Wildman–Crippen LogP) is 3.20. The molecule has 6 nitrogen and oxygen atoms in total. The van der Waals surface area contributed by atoms with Crippen molar-refractivity contribution >= 4 is 15.9 Å². The van der Waals surface area contributed by atoms with E-state index in [0.29, 0.717) is 0 Å². The van der Waals surface area contributed by atoms with E-state index in [9.17, 15) is 13.2 Å². The molecule has 0 aliphatic rings. The molecule has 0 spiro atoms. The number of nitrogens with one attached hydrogen (secondary N) is 2. The molecule has 0 aliphatic heterocycles. The van der Waals surface area contributed by atoms with E-state index in [1.807, 2.05) is 44.2 Å². The average Bonchev–Trinajstić information content (AvgIpc) is 2.68. The van der Waals surface area contributed by atoms with Crippen molar-refractivity contribution in [2.45, 2.75) is 57.0 Å². The quantitative estimate of drug-likeness (QED) is 0.621. The van der Waals surface area contributed by atoms with Crippen molar-refractivity contribution in [3.63, 3.8) is 0 Å². The molecule has 0 aliphatic carbocycles. The van der Waals surface area contributed by atoms with Gasteiger partial charge in [0.1, 0.15) is 16.7 Å². The van der Waals surface area contributed by atoms with Gasteiger partial charge in [0, 0.05) is 6.04 Å². The molecule has 2 N–H and O–H groups in total. The van der Waals surface area contributed by atoms with Crippen LogP contribution in [0.1, 0.15) is 37.8 Å². The number of rotatable bonds is 10. The van der Waals surface area contributed by atoms with Crippen LogP contribution in [0.3, 0.4) is 0 Å². The van der Waals surface area contributed by atoms with Crippen LogP contribution in [0.5, 0.6) is 5.75 Å². The van der Waals surface area contributed by atoms with Gasteiger partial charge in [-0.2, -0.15) is 4.72 Å². The summed E-state index contributed by atoms with van der Waals surface area (Å²) in [5.74, 6) is -0.105. The van der Waals surface area contributed by atoms with E-state index >= 15 is 0 Å². The third-order valence-electron chi connectivity index (χ3n) is 4.62. The van der Waals surface area contributed by atoms with E-state index in [-0.39, 0.29) is 29.0 Å². The minimum absolute atomic E-state index is 0.0208. The van der Waals surface area contributed by atoms with E-state index in [4.69, 9.17) is 4.74 Å². The van der Waals surface area contributed by atoms with Crippen LogP contribution in [-0.4, -0.2) is 33.5 Å². The summed E-state index contributed by atoms with van der Waals surface area (Å²) in [5.41, 5.74) is 1.65. The monoisotopic (exact) mass is 418 g/mol. The molecule has 1 amide bonds. The Morgan fingerprint density at radius 3 is 2.45 bits per heavy atom. The van der Waals surface area contributed by atoms with Gasteiger partial charge in [0.15, 0.2) is 0 Å². The van der Waals surface area contributed by atoms with Gasteiger partial charge < -0.3 is 10.1 Å². The van der Waals surface area contributed by atoms with Crippen LogP contribution in [0, 0.1) is 6.92 Å². The van der Waals surface area contributed by atoms with Crippen LogP contribution in [-0.2, 0) is 21.2 Å². The first-order valence-corrected chi connectivity index (χ1v) is 11.3. The van der Waals surface area contributed by atoms with Gasteiger partial charge in [-0.1, -0.05) is 49.7 Å². The molecule has 158 valence electrons. The second kappa shape index (κ2) is 10.4. The topological polar surface area (TPSA) is 84.5 Å². The van der Waals surface area contributed by atoms with Gasteiger partial charge in [-0.25, -0.2) is 8.42 Å². The van der Waals surface area contributed by atoms with Crippen molar-refractivity contribution in [2.24, 2.45) is 0 Å². The molecule has 2 atom stereocenters. The molecule has 29 heavy (non-hydrogen) atoms. The van der Waals surface area contributed by atoms with Crippen molar-refractivity contribution in [1.29, 1.82) is 0 Å². The second-order valence-corrected chi connectivity index (χ2v) is 8.90. The molecule has 0 bridgehead atoms. The number of sulfonamides is 1. The van der Waals surface area contributed by atoms with Crippen LogP contribution in [0.2, 0.25) is 0 Å². The maximum Gasteiger partial charge on any atom is 0.244 e. The lowest BCUT2D eigenvalue weighted by Gasteiger charge is -2.22. The Morgan fingerprint density at radius 1 is 1.14 bits per heavy atom. The van der Waals surface area contributed by atoms with Crippen molar-refractivity contribution in [3.8, 4) is 5.75 Å². The molecule has 7 heteroatoms. The predicted molar refractivity (Wildman–Crippen MR) is 114 cm³/mol. The molecule has 0 saturated carbocycles. The highest BCUT2D eigenvalue weighted by molar-refractivity contribution is 7.89. The number of carbonyl (C=O) groups is 1. The van der Waals surface area contributed by atoms with Gasteiger partial charge in [-0.3, -0.25) is 4.79 Å². The Balaban J connectivity index is 2.32. The fourth-order valence-corrected chi connectivity index (χ4v) is 4.58. The highest BCUT2D eigenvalue weighted by atomic mass is 32.2. The van der Waals surface area contributed by atoms with Crippen LogP contribution in [0.15, 0.2) is 53.4 Å². The summed E-state index contributed by atoms with van der Waals surface area (Å²) in [5, 5.41) is 2.92. The molecule has 0 heterocycles. The zero-order valence-electron chi connectivity index (χ0n) is 17.4. The molecule has 2 aromatic rings. The number of amides is 1. The Kier molecular flexibility index (Phi) is 8.22. The number of methoxy groups -OCH3 is 1. The first-order valence-electron chi connectivity index (χ1n) is 9.78. The first kappa shape index (κ1) is 22.9. The van der Waals surface area contributed by atoms with Gasteiger partial charge in [-0.05, 0) is 49.9 Å². The maximum atomic E-state index is 13.1. The summed E-state index contributed by atoms with van der Waals surface area (Å²) in [6.45, 7) is 5.76. The lowest BCUT2D eigenvalue weighted by molar-refractivity contribution is -0.123. The van der Waals surface area contributed by atoms with Crippen molar-refractivity contribution in [1.82, 2.24) is 10.0 Å². The van der Waals surface area contributed by atoms with Crippen LogP contribution in [0.25, 0.3) is 0 Å². The molecule has 0 saturated heterocycles. The molecule has 0 unspecified atom stereocenters. The Hall–Kier alpha value is -2.38. The van der Waals surface area contributed by atoms with Crippen molar-refractivity contribution in [3.05, 3.63) is 59.7 Å². The number of aryl methyl sites for hydroxylation is 1. The zero-order chi connectivity index (χ0) is 21.4. The van der Waals surface area contributed by atoms with Crippen LogP contribution in [0.4, 0.5) is 0 Å².